The Bertz CT molecular complexity index is 445. The van der Waals surface area contributed by atoms with Crippen molar-refractivity contribution in [3.05, 3.63) is 28.1 Å². The third-order valence-electron chi connectivity index (χ3n) is 3.96. The molecular weight excluding hydrogens is 214 g/mol. The molecule has 0 spiro atoms. The van der Waals surface area contributed by atoms with Crippen molar-refractivity contribution in [3.8, 4) is 0 Å². The standard InChI is InChI=1S/C14H17NO2/c16-14(17)13-9-5-1-3-7-11(9)15-12-8-4-2-6-10(12)13/h1-8H2,(H,16,17). The maximum Gasteiger partial charge on any atom is 0.336 e. The first kappa shape index (κ1) is 10.8. The van der Waals surface area contributed by atoms with Gasteiger partial charge in [0, 0.05) is 11.4 Å². The molecule has 2 aliphatic rings. The van der Waals surface area contributed by atoms with Gasteiger partial charge in [0.25, 0.3) is 0 Å². The zero-order chi connectivity index (χ0) is 11.8. The number of carbonyl (C=O) groups is 1. The minimum Gasteiger partial charge on any atom is -0.478 e. The number of aromatic nitrogens is 1. The number of aromatic carboxylic acids is 1. The van der Waals surface area contributed by atoms with Crippen molar-refractivity contribution in [2.24, 2.45) is 0 Å². The van der Waals surface area contributed by atoms with Gasteiger partial charge in [-0.15, -0.1) is 0 Å². The van der Waals surface area contributed by atoms with Crippen molar-refractivity contribution in [1.29, 1.82) is 0 Å². The van der Waals surface area contributed by atoms with Crippen molar-refractivity contribution in [1.82, 2.24) is 4.98 Å². The SMILES string of the molecule is O=C(O)c1c2c(nc3c1CCCC3)CCCC2. The van der Waals surface area contributed by atoms with Crippen molar-refractivity contribution < 1.29 is 9.90 Å². The van der Waals surface area contributed by atoms with Crippen LogP contribution in [0.3, 0.4) is 0 Å². The average Bonchev–Trinajstić information content (AvgIpc) is 2.35. The number of aryl methyl sites for hydroxylation is 2. The Labute approximate surface area is 101 Å². The Morgan fingerprint density at radius 2 is 1.35 bits per heavy atom. The molecule has 0 bridgehead atoms. The monoisotopic (exact) mass is 231 g/mol. The summed E-state index contributed by atoms with van der Waals surface area (Å²) in [5.41, 5.74) is 4.79. The highest BCUT2D eigenvalue weighted by atomic mass is 16.4. The van der Waals surface area contributed by atoms with Crippen LogP contribution in [0.25, 0.3) is 0 Å². The van der Waals surface area contributed by atoms with Gasteiger partial charge in [0.2, 0.25) is 0 Å². The summed E-state index contributed by atoms with van der Waals surface area (Å²) >= 11 is 0. The number of hydrogen-bond acceptors (Lipinski definition) is 2. The summed E-state index contributed by atoms with van der Waals surface area (Å²) in [4.78, 5) is 16.3. The summed E-state index contributed by atoms with van der Waals surface area (Å²) < 4.78 is 0. The van der Waals surface area contributed by atoms with E-state index in [4.69, 9.17) is 4.98 Å². The van der Waals surface area contributed by atoms with Crippen LogP contribution < -0.4 is 0 Å². The second-order valence-corrected chi connectivity index (χ2v) is 5.06. The first-order valence-corrected chi connectivity index (χ1v) is 6.54. The fraction of sp³-hybridized carbons (Fsp3) is 0.571. The third-order valence-corrected chi connectivity index (χ3v) is 3.96. The van der Waals surface area contributed by atoms with Gasteiger partial charge in [-0.05, 0) is 62.5 Å². The molecule has 0 saturated carbocycles. The van der Waals surface area contributed by atoms with Crippen LogP contribution in [0.15, 0.2) is 0 Å². The zero-order valence-corrected chi connectivity index (χ0v) is 9.96. The van der Waals surface area contributed by atoms with Crippen molar-refractivity contribution >= 4 is 5.97 Å². The molecule has 0 aromatic carbocycles. The van der Waals surface area contributed by atoms with Gasteiger partial charge in [0.15, 0.2) is 0 Å². The Hall–Kier alpha value is -1.38. The molecule has 0 radical (unpaired) electrons. The number of carboxylic acid groups (broad SMARTS) is 1. The largest absolute Gasteiger partial charge is 0.478 e. The second kappa shape index (κ2) is 4.13. The van der Waals surface area contributed by atoms with Crippen LogP contribution in [0.4, 0.5) is 0 Å². The lowest BCUT2D eigenvalue weighted by Crippen LogP contribution is -2.20. The van der Waals surface area contributed by atoms with E-state index in [1.165, 1.54) is 0 Å². The molecule has 3 nitrogen and oxygen atoms in total. The van der Waals surface area contributed by atoms with Gasteiger partial charge < -0.3 is 5.11 Å². The quantitative estimate of drug-likeness (QED) is 0.808. The molecule has 3 heteroatoms. The van der Waals surface area contributed by atoms with Crippen LogP contribution >= 0.6 is 0 Å². The van der Waals surface area contributed by atoms with E-state index in [1.54, 1.807) is 0 Å². The molecule has 1 aromatic rings. The summed E-state index contributed by atoms with van der Waals surface area (Å²) in [6.07, 6.45) is 8.23. The van der Waals surface area contributed by atoms with Gasteiger partial charge in [-0.1, -0.05) is 0 Å². The zero-order valence-electron chi connectivity index (χ0n) is 9.96. The van der Waals surface area contributed by atoms with E-state index in [2.05, 4.69) is 0 Å². The van der Waals surface area contributed by atoms with Crippen LogP contribution in [0.1, 0.15) is 58.6 Å². The maximum absolute atomic E-state index is 11.5. The molecule has 1 aromatic heterocycles. The first-order chi connectivity index (χ1) is 8.27. The van der Waals surface area contributed by atoms with Crippen LogP contribution in [0.5, 0.6) is 0 Å². The number of carboxylic acids is 1. The highest BCUT2D eigenvalue weighted by molar-refractivity contribution is 5.92. The first-order valence-electron chi connectivity index (χ1n) is 6.54. The van der Waals surface area contributed by atoms with Crippen LogP contribution in [0, 0.1) is 0 Å². The highest BCUT2D eigenvalue weighted by Gasteiger charge is 2.26. The Morgan fingerprint density at radius 1 is 0.882 bits per heavy atom. The topological polar surface area (TPSA) is 50.2 Å². The van der Waals surface area contributed by atoms with Crippen molar-refractivity contribution in [3.63, 3.8) is 0 Å². The minimum atomic E-state index is -0.747. The summed E-state index contributed by atoms with van der Waals surface area (Å²) in [7, 11) is 0. The number of hydrogen-bond donors (Lipinski definition) is 1. The smallest absolute Gasteiger partial charge is 0.336 e. The van der Waals surface area contributed by atoms with E-state index >= 15 is 0 Å². The summed E-state index contributed by atoms with van der Waals surface area (Å²) in [6.45, 7) is 0. The molecule has 2 aliphatic carbocycles. The molecule has 0 atom stereocenters. The number of fused-ring (bicyclic) bond motifs is 2. The number of pyridine rings is 1. The van der Waals surface area contributed by atoms with Crippen LogP contribution in [0.2, 0.25) is 0 Å². The average molecular weight is 231 g/mol. The lowest BCUT2D eigenvalue weighted by molar-refractivity contribution is 0.0693. The van der Waals surface area contributed by atoms with E-state index in [-0.39, 0.29) is 0 Å². The van der Waals surface area contributed by atoms with Crippen molar-refractivity contribution in [2.75, 3.05) is 0 Å². The van der Waals surface area contributed by atoms with Gasteiger partial charge in [-0.2, -0.15) is 0 Å². The molecule has 17 heavy (non-hydrogen) atoms. The van der Waals surface area contributed by atoms with E-state index in [9.17, 15) is 9.90 Å². The molecule has 0 unspecified atom stereocenters. The molecule has 0 fully saturated rings. The van der Waals surface area contributed by atoms with Gasteiger partial charge in [-0.25, -0.2) is 4.79 Å². The molecule has 90 valence electrons. The summed E-state index contributed by atoms with van der Waals surface area (Å²) in [6, 6.07) is 0. The van der Waals surface area contributed by atoms with Crippen LogP contribution in [-0.4, -0.2) is 16.1 Å². The fourth-order valence-corrected chi connectivity index (χ4v) is 3.17. The lowest BCUT2D eigenvalue weighted by atomic mass is 9.84. The predicted molar refractivity (Wildman–Crippen MR) is 64.5 cm³/mol. The van der Waals surface area contributed by atoms with Crippen LogP contribution in [-0.2, 0) is 25.7 Å². The fourth-order valence-electron chi connectivity index (χ4n) is 3.17. The van der Waals surface area contributed by atoms with E-state index < -0.39 is 5.97 Å². The van der Waals surface area contributed by atoms with Gasteiger partial charge in [-0.3, -0.25) is 4.98 Å². The molecule has 1 heterocycles. The highest BCUT2D eigenvalue weighted by Crippen LogP contribution is 2.31. The molecule has 0 saturated heterocycles. The molecule has 0 amide bonds. The number of rotatable bonds is 1. The Balaban J connectivity index is 2.23. The normalized spacial score (nSPS) is 18.4. The molecule has 1 N–H and O–H groups in total. The predicted octanol–water partition coefficient (Wildman–Crippen LogP) is 2.54. The maximum atomic E-state index is 11.5. The Kier molecular flexibility index (Phi) is 2.61. The third kappa shape index (κ3) is 1.74. The summed E-state index contributed by atoms with van der Waals surface area (Å²) in [5, 5.41) is 9.47. The molecular formula is C14H17NO2. The van der Waals surface area contributed by atoms with Crippen molar-refractivity contribution in [2.45, 2.75) is 51.4 Å². The Morgan fingerprint density at radius 3 is 1.82 bits per heavy atom. The van der Waals surface area contributed by atoms with Gasteiger partial charge in [0.1, 0.15) is 0 Å². The van der Waals surface area contributed by atoms with E-state index in [0.29, 0.717) is 5.56 Å². The minimum absolute atomic E-state index is 0.601. The van der Waals surface area contributed by atoms with E-state index in [0.717, 1.165) is 73.9 Å². The number of nitrogens with zero attached hydrogens (tertiary/aromatic N) is 1. The van der Waals surface area contributed by atoms with Gasteiger partial charge >= 0.3 is 5.97 Å². The lowest BCUT2D eigenvalue weighted by Gasteiger charge is -2.24. The van der Waals surface area contributed by atoms with Gasteiger partial charge in [0.05, 0.1) is 5.56 Å². The van der Waals surface area contributed by atoms with E-state index in [1.807, 2.05) is 0 Å². The molecule has 0 aliphatic heterocycles. The second-order valence-electron chi connectivity index (χ2n) is 5.06. The summed E-state index contributed by atoms with van der Waals surface area (Å²) in [5.74, 6) is -0.747. The molecule has 3 rings (SSSR count).